The van der Waals surface area contributed by atoms with Crippen molar-refractivity contribution in [2.24, 2.45) is 5.84 Å². The van der Waals surface area contributed by atoms with Gasteiger partial charge in [0, 0.05) is 11.3 Å². The average molecular weight is 350 g/mol. The third-order valence-corrected chi connectivity index (χ3v) is 3.35. The highest BCUT2D eigenvalue weighted by molar-refractivity contribution is 6.32. The second-order valence-electron chi connectivity index (χ2n) is 4.68. The number of amides is 2. The molecule has 0 radical (unpaired) electrons. The number of rotatable bonds is 6. The average Bonchev–Trinajstić information content (AvgIpc) is 2.60. The van der Waals surface area contributed by atoms with E-state index in [1.54, 1.807) is 42.5 Å². The van der Waals surface area contributed by atoms with E-state index in [-0.39, 0.29) is 12.5 Å². The van der Waals surface area contributed by atoms with Gasteiger partial charge in [-0.3, -0.25) is 15.0 Å². The Labute approximate surface area is 143 Å². The number of anilines is 1. The van der Waals surface area contributed by atoms with Gasteiger partial charge in [0.15, 0.2) is 6.61 Å². The van der Waals surface area contributed by atoms with Gasteiger partial charge in [0.2, 0.25) is 0 Å². The van der Waals surface area contributed by atoms with E-state index in [1.807, 2.05) is 5.43 Å². The third-order valence-electron chi connectivity index (χ3n) is 3.06. The van der Waals surface area contributed by atoms with Crippen molar-refractivity contribution < 1.29 is 19.1 Å². The van der Waals surface area contributed by atoms with Crippen LogP contribution in [-0.2, 0) is 4.79 Å². The molecule has 0 aliphatic rings. The van der Waals surface area contributed by atoms with E-state index in [1.165, 1.54) is 7.11 Å². The molecule has 0 saturated heterocycles. The van der Waals surface area contributed by atoms with E-state index >= 15 is 0 Å². The van der Waals surface area contributed by atoms with Crippen LogP contribution in [0.15, 0.2) is 42.5 Å². The van der Waals surface area contributed by atoms with Crippen LogP contribution < -0.4 is 26.1 Å². The van der Waals surface area contributed by atoms with Crippen LogP contribution in [0.3, 0.4) is 0 Å². The lowest BCUT2D eigenvalue weighted by Gasteiger charge is -2.09. The van der Waals surface area contributed by atoms with Crippen LogP contribution in [0.1, 0.15) is 10.4 Å². The molecule has 0 saturated carbocycles. The van der Waals surface area contributed by atoms with Gasteiger partial charge < -0.3 is 14.8 Å². The zero-order valence-corrected chi connectivity index (χ0v) is 13.6. The molecule has 0 aromatic heterocycles. The Morgan fingerprint density at radius 3 is 2.46 bits per heavy atom. The van der Waals surface area contributed by atoms with Crippen LogP contribution in [0.5, 0.6) is 11.5 Å². The number of halogens is 1. The van der Waals surface area contributed by atoms with Crippen molar-refractivity contribution in [3.63, 3.8) is 0 Å². The summed E-state index contributed by atoms with van der Waals surface area (Å²) >= 11 is 6.02. The van der Waals surface area contributed by atoms with Crippen LogP contribution in [0.4, 0.5) is 5.69 Å². The van der Waals surface area contributed by atoms with Gasteiger partial charge in [0.1, 0.15) is 11.5 Å². The summed E-state index contributed by atoms with van der Waals surface area (Å²) in [5, 5.41) is 3.13. The lowest BCUT2D eigenvalue weighted by Crippen LogP contribution is -2.34. The monoisotopic (exact) mass is 349 g/mol. The molecule has 2 aromatic rings. The molecule has 2 rings (SSSR count). The van der Waals surface area contributed by atoms with E-state index in [9.17, 15) is 9.59 Å². The van der Waals surface area contributed by atoms with Crippen LogP contribution in [0.25, 0.3) is 0 Å². The molecule has 24 heavy (non-hydrogen) atoms. The Morgan fingerprint density at radius 2 is 1.88 bits per heavy atom. The molecular weight excluding hydrogens is 334 g/mol. The summed E-state index contributed by atoms with van der Waals surface area (Å²) in [6, 6.07) is 11.3. The number of hydrogen-bond donors (Lipinski definition) is 3. The second kappa shape index (κ2) is 8.19. The fourth-order valence-corrected chi connectivity index (χ4v) is 2.10. The SMILES string of the molecule is COc1ccc(NC(=O)c2ccc(OCC(=O)NN)cc2)cc1Cl. The molecule has 0 unspecified atom stereocenters. The van der Waals surface area contributed by atoms with Crippen LogP contribution in [0, 0.1) is 0 Å². The summed E-state index contributed by atoms with van der Waals surface area (Å²) in [4.78, 5) is 23.2. The van der Waals surface area contributed by atoms with Crippen LogP contribution in [0.2, 0.25) is 5.02 Å². The summed E-state index contributed by atoms with van der Waals surface area (Å²) in [7, 11) is 1.51. The first-order valence-electron chi connectivity index (χ1n) is 6.90. The Bertz CT molecular complexity index is 735. The molecule has 7 nitrogen and oxygen atoms in total. The summed E-state index contributed by atoms with van der Waals surface area (Å²) in [6.07, 6.45) is 0. The van der Waals surface area contributed by atoms with E-state index in [4.69, 9.17) is 26.9 Å². The molecule has 0 aliphatic heterocycles. The molecule has 2 aromatic carbocycles. The Kier molecular flexibility index (Phi) is 6.00. The predicted molar refractivity (Wildman–Crippen MR) is 90.2 cm³/mol. The number of nitrogens with one attached hydrogen (secondary N) is 2. The molecular formula is C16H16ClN3O4. The number of nitrogens with two attached hydrogens (primary N) is 1. The van der Waals surface area contributed by atoms with Gasteiger partial charge in [-0.05, 0) is 42.5 Å². The highest BCUT2D eigenvalue weighted by atomic mass is 35.5. The molecule has 0 spiro atoms. The van der Waals surface area contributed by atoms with Crippen molar-refractivity contribution in [2.75, 3.05) is 19.0 Å². The van der Waals surface area contributed by atoms with E-state index in [0.29, 0.717) is 27.8 Å². The maximum absolute atomic E-state index is 12.2. The number of benzene rings is 2. The van der Waals surface area contributed by atoms with Crippen molar-refractivity contribution >= 4 is 29.1 Å². The van der Waals surface area contributed by atoms with E-state index < -0.39 is 5.91 Å². The van der Waals surface area contributed by atoms with E-state index in [2.05, 4.69) is 5.32 Å². The smallest absolute Gasteiger partial charge is 0.271 e. The van der Waals surface area contributed by atoms with Crippen LogP contribution in [-0.4, -0.2) is 25.5 Å². The molecule has 126 valence electrons. The number of carbonyl (C=O) groups is 2. The van der Waals surface area contributed by atoms with Gasteiger partial charge in [-0.25, -0.2) is 5.84 Å². The van der Waals surface area contributed by atoms with Crippen molar-refractivity contribution in [1.29, 1.82) is 0 Å². The zero-order valence-electron chi connectivity index (χ0n) is 12.8. The number of ether oxygens (including phenoxy) is 2. The van der Waals surface area contributed by atoms with Gasteiger partial charge in [-0.15, -0.1) is 0 Å². The molecule has 0 heterocycles. The largest absolute Gasteiger partial charge is 0.495 e. The number of methoxy groups -OCH3 is 1. The summed E-state index contributed by atoms with van der Waals surface area (Å²) < 4.78 is 10.3. The zero-order chi connectivity index (χ0) is 17.5. The van der Waals surface area contributed by atoms with Crippen molar-refractivity contribution in [3.05, 3.63) is 53.1 Å². The maximum atomic E-state index is 12.2. The lowest BCUT2D eigenvalue weighted by molar-refractivity contribution is -0.123. The molecule has 0 atom stereocenters. The lowest BCUT2D eigenvalue weighted by atomic mass is 10.2. The quantitative estimate of drug-likeness (QED) is 0.420. The maximum Gasteiger partial charge on any atom is 0.271 e. The van der Waals surface area contributed by atoms with E-state index in [0.717, 1.165) is 0 Å². The minimum absolute atomic E-state index is 0.202. The van der Waals surface area contributed by atoms with Gasteiger partial charge in [-0.1, -0.05) is 11.6 Å². The minimum atomic E-state index is -0.451. The predicted octanol–water partition coefficient (Wildman–Crippen LogP) is 1.97. The van der Waals surface area contributed by atoms with Gasteiger partial charge >= 0.3 is 0 Å². The summed E-state index contributed by atoms with van der Waals surface area (Å²) in [5.41, 5.74) is 2.93. The molecule has 0 bridgehead atoms. The Hall–Kier alpha value is -2.77. The topological polar surface area (TPSA) is 103 Å². The fraction of sp³-hybridized carbons (Fsp3) is 0.125. The fourth-order valence-electron chi connectivity index (χ4n) is 1.84. The van der Waals surface area contributed by atoms with Gasteiger partial charge in [0.05, 0.1) is 12.1 Å². The van der Waals surface area contributed by atoms with Crippen LogP contribution >= 0.6 is 11.6 Å². The summed E-state index contributed by atoms with van der Waals surface area (Å²) in [5.74, 6) is 5.17. The molecule has 2 amide bonds. The molecule has 0 aliphatic carbocycles. The first-order chi connectivity index (χ1) is 11.5. The van der Waals surface area contributed by atoms with Gasteiger partial charge in [-0.2, -0.15) is 0 Å². The van der Waals surface area contributed by atoms with Crippen molar-refractivity contribution in [1.82, 2.24) is 5.43 Å². The molecule has 0 fully saturated rings. The molecule has 8 heteroatoms. The number of hydrazine groups is 1. The highest BCUT2D eigenvalue weighted by Gasteiger charge is 2.09. The van der Waals surface area contributed by atoms with Crippen molar-refractivity contribution in [3.8, 4) is 11.5 Å². The minimum Gasteiger partial charge on any atom is -0.495 e. The van der Waals surface area contributed by atoms with Crippen molar-refractivity contribution in [2.45, 2.75) is 0 Å². The standard InChI is InChI=1S/C16H16ClN3O4/c1-23-14-7-4-11(8-13(14)17)19-16(22)10-2-5-12(6-3-10)24-9-15(21)20-18/h2-8H,9,18H2,1H3,(H,19,22)(H,20,21). The summed E-state index contributed by atoms with van der Waals surface area (Å²) in [6.45, 7) is -0.202. The second-order valence-corrected chi connectivity index (χ2v) is 5.09. The number of carbonyl (C=O) groups excluding carboxylic acids is 2. The normalized spacial score (nSPS) is 9.96. The highest BCUT2D eigenvalue weighted by Crippen LogP contribution is 2.27. The Balaban J connectivity index is 1.99. The first kappa shape index (κ1) is 17.6. The third kappa shape index (κ3) is 4.61. The Morgan fingerprint density at radius 1 is 1.17 bits per heavy atom. The first-order valence-corrected chi connectivity index (χ1v) is 7.28. The van der Waals surface area contributed by atoms with Gasteiger partial charge in [0.25, 0.3) is 11.8 Å². The molecule has 4 N–H and O–H groups in total. The number of hydrogen-bond acceptors (Lipinski definition) is 5.